The third-order valence-corrected chi connectivity index (χ3v) is 7.09. The van der Waals surface area contributed by atoms with Crippen LogP contribution < -0.4 is 5.32 Å². The van der Waals surface area contributed by atoms with Crippen molar-refractivity contribution in [3.8, 4) is 0 Å². The Morgan fingerprint density at radius 1 is 1.07 bits per heavy atom. The van der Waals surface area contributed by atoms with Crippen molar-refractivity contribution in [2.45, 2.75) is 24.9 Å². The van der Waals surface area contributed by atoms with E-state index in [1.165, 1.54) is 17.6 Å². The quantitative estimate of drug-likeness (QED) is 0.496. The van der Waals surface area contributed by atoms with E-state index < -0.39 is 9.84 Å². The minimum absolute atomic E-state index is 0.158. The van der Waals surface area contributed by atoms with Crippen LogP contribution in [0.3, 0.4) is 0 Å². The van der Waals surface area contributed by atoms with Crippen LogP contribution in [0.4, 0.5) is 0 Å². The Hall–Kier alpha value is -2.97. The highest BCUT2D eigenvalue weighted by molar-refractivity contribution is 7.90. The normalized spacial score (nSPS) is 11.7. The van der Waals surface area contributed by atoms with Gasteiger partial charge in [0.25, 0.3) is 5.91 Å². The summed E-state index contributed by atoms with van der Waals surface area (Å²) in [6, 6.07) is 18.5. The van der Waals surface area contributed by atoms with Gasteiger partial charge in [-0.2, -0.15) is 5.10 Å². The van der Waals surface area contributed by atoms with E-state index in [4.69, 9.17) is 0 Å². The smallest absolute Gasteiger partial charge is 0.261 e. The Morgan fingerprint density at radius 3 is 2.43 bits per heavy atom. The fourth-order valence-electron chi connectivity index (χ4n) is 3.21. The SMILES string of the molecule is Cc1nn(Cc2ccccc2)c2sc(C(=O)NCc3ccc(S(C)(=O)=O)cc3)cc12. The topological polar surface area (TPSA) is 81.1 Å². The van der Waals surface area contributed by atoms with Crippen LogP contribution in [0.2, 0.25) is 0 Å². The van der Waals surface area contributed by atoms with Crippen LogP contribution in [0.15, 0.2) is 65.6 Å². The van der Waals surface area contributed by atoms with Crippen molar-refractivity contribution >= 4 is 37.3 Å². The minimum atomic E-state index is -3.23. The predicted octanol–water partition coefficient (Wildman–Crippen LogP) is 3.79. The van der Waals surface area contributed by atoms with Gasteiger partial charge in [-0.1, -0.05) is 42.5 Å². The minimum Gasteiger partial charge on any atom is -0.347 e. The maximum absolute atomic E-state index is 12.7. The average Bonchev–Trinajstić information content (AvgIpc) is 3.28. The van der Waals surface area contributed by atoms with Crippen LogP contribution in [0.5, 0.6) is 0 Å². The summed E-state index contributed by atoms with van der Waals surface area (Å²) >= 11 is 1.42. The number of carbonyl (C=O) groups is 1. The van der Waals surface area contributed by atoms with Crippen LogP contribution in [-0.2, 0) is 22.9 Å². The highest BCUT2D eigenvalue weighted by Gasteiger charge is 2.16. The second-order valence-electron chi connectivity index (χ2n) is 7.16. The molecule has 30 heavy (non-hydrogen) atoms. The molecule has 0 unspecified atom stereocenters. The molecule has 4 rings (SSSR count). The number of hydrogen-bond acceptors (Lipinski definition) is 5. The van der Waals surface area contributed by atoms with Gasteiger partial charge in [0.15, 0.2) is 9.84 Å². The molecule has 0 aliphatic heterocycles. The average molecular weight is 440 g/mol. The standard InChI is InChI=1S/C22H21N3O3S2/c1-15-19-12-20(29-22(19)25(24-15)14-17-6-4-3-5-7-17)21(26)23-13-16-8-10-18(11-9-16)30(2,27)28/h3-12H,13-14H2,1-2H3,(H,23,26). The number of carbonyl (C=O) groups excluding carboxylic acids is 1. The Labute approximate surface area is 179 Å². The molecule has 8 heteroatoms. The molecule has 0 spiro atoms. The lowest BCUT2D eigenvalue weighted by molar-refractivity contribution is 0.0955. The first-order chi connectivity index (χ1) is 14.3. The van der Waals surface area contributed by atoms with Crippen molar-refractivity contribution < 1.29 is 13.2 Å². The highest BCUT2D eigenvalue weighted by atomic mass is 32.2. The number of fused-ring (bicyclic) bond motifs is 1. The fourth-order valence-corrected chi connectivity index (χ4v) is 4.92. The number of hydrogen-bond donors (Lipinski definition) is 1. The Morgan fingerprint density at radius 2 is 1.77 bits per heavy atom. The summed E-state index contributed by atoms with van der Waals surface area (Å²) in [7, 11) is -3.23. The number of nitrogens with one attached hydrogen (secondary N) is 1. The molecule has 0 fully saturated rings. The molecule has 2 aromatic heterocycles. The predicted molar refractivity (Wildman–Crippen MR) is 119 cm³/mol. The number of rotatable bonds is 6. The molecule has 6 nitrogen and oxygen atoms in total. The van der Waals surface area contributed by atoms with Gasteiger partial charge in [0.1, 0.15) is 4.83 Å². The molecule has 2 heterocycles. The number of nitrogens with zero attached hydrogens (tertiary/aromatic N) is 2. The van der Waals surface area contributed by atoms with Crippen molar-refractivity contribution in [1.29, 1.82) is 0 Å². The molecule has 0 atom stereocenters. The van der Waals surface area contributed by atoms with Gasteiger partial charge >= 0.3 is 0 Å². The van der Waals surface area contributed by atoms with Gasteiger partial charge in [-0.15, -0.1) is 11.3 Å². The number of aryl methyl sites for hydroxylation is 1. The summed E-state index contributed by atoms with van der Waals surface area (Å²) in [5, 5.41) is 8.50. The van der Waals surface area contributed by atoms with Crippen molar-refractivity contribution in [3.05, 3.63) is 82.4 Å². The van der Waals surface area contributed by atoms with Gasteiger partial charge in [-0.3, -0.25) is 9.48 Å². The van der Waals surface area contributed by atoms with Crippen LogP contribution in [0.25, 0.3) is 10.2 Å². The largest absolute Gasteiger partial charge is 0.347 e. The van der Waals surface area contributed by atoms with E-state index in [1.54, 1.807) is 24.3 Å². The van der Waals surface area contributed by atoms with E-state index in [9.17, 15) is 13.2 Å². The molecule has 1 N–H and O–H groups in total. The highest BCUT2D eigenvalue weighted by Crippen LogP contribution is 2.29. The van der Waals surface area contributed by atoms with Crippen molar-refractivity contribution in [3.63, 3.8) is 0 Å². The van der Waals surface area contributed by atoms with E-state index in [0.717, 1.165) is 27.0 Å². The second kappa shape index (κ2) is 8.04. The summed E-state index contributed by atoms with van der Waals surface area (Å²) in [5.41, 5.74) is 2.88. The molecule has 1 amide bonds. The van der Waals surface area contributed by atoms with Crippen molar-refractivity contribution in [2.24, 2.45) is 0 Å². The zero-order chi connectivity index (χ0) is 21.3. The molecule has 4 aromatic rings. The van der Waals surface area contributed by atoms with Crippen LogP contribution in [-0.4, -0.2) is 30.4 Å². The van der Waals surface area contributed by atoms with E-state index in [0.29, 0.717) is 18.0 Å². The van der Waals surface area contributed by atoms with Gasteiger partial charge in [0.05, 0.1) is 22.0 Å². The zero-order valence-corrected chi connectivity index (χ0v) is 18.3. The van der Waals surface area contributed by atoms with E-state index >= 15 is 0 Å². The third-order valence-electron chi connectivity index (χ3n) is 4.81. The monoisotopic (exact) mass is 439 g/mol. The van der Waals surface area contributed by atoms with Gasteiger partial charge in [-0.25, -0.2) is 8.42 Å². The summed E-state index contributed by atoms with van der Waals surface area (Å²) < 4.78 is 25.0. The Bertz CT molecular complexity index is 1310. The molecule has 0 saturated carbocycles. The molecular weight excluding hydrogens is 418 g/mol. The van der Waals surface area contributed by atoms with Gasteiger partial charge < -0.3 is 5.32 Å². The van der Waals surface area contributed by atoms with Gasteiger partial charge in [0, 0.05) is 18.2 Å². The second-order valence-corrected chi connectivity index (χ2v) is 10.2. The van der Waals surface area contributed by atoms with Gasteiger partial charge in [-0.05, 0) is 36.2 Å². The number of benzene rings is 2. The van der Waals surface area contributed by atoms with Crippen LogP contribution in [0.1, 0.15) is 26.5 Å². The van der Waals surface area contributed by atoms with E-state index in [1.807, 2.05) is 35.9 Å². The molecule has 154 valence electrons. The van der Waals surface area contributed by atoms with Crippen molar-refractivity contribution in [1.82, 2.24) is 15.1 Å². The third kappa shape index (κ3) is 4.29. The first-order valence-electron chi connectivity index (χ1n) is 9.39. The molecule has 0 aliphatic carbocycles. The lowest BCUT2D eigenvalue weighted by Gasteiger charge is -2.05. The molecule has 0 bridgehead atoms. The van der Waals surface area contributed by atoms with E-state index in [2.05, 4.69) is 22.5 Å². The molecule has 0 aliphatic rings. The summed E-state index contributed by atoms with van der Waals surface area (Å²) in [6.45, 7) is 2.92. The summed E-state index contributed by atoms with van der Waals surface area (Å²) in [6.07, 6.45) is 1.17. The first-order valence-corrected chi connectivity index (χ1v) is 12.1. The maximum atomic E-state index is 12.7. The maximum Gasteiger partial charge on any atom is 0.261 e. The molecule has 0 radical (unpaired) electrons. The Kier molecular flexibility index (Phi) is 5.44. The number of sulfone groups is 1. The Balaban J connectivity index is 1.49. The van der Waals surface area contributed by atoms with Crippen LogP contribution >= 0.6 is 11.3 Å². The lowest BCUT2D eigenvalue weighted by Crippen LogP contribution is -2.21. The fraction of sp³-hybridized carbons (Fsp3) is 0.182. The van der Waals surface area contributed by atoms with Gasteiger partial charge in [0.2, 0.25) is 0 Å². The summed E-state index contributed by atoms with van der Waals surface area (Å²) in [4.78, 5) is 14.5. The van der Waals surface area contributed by atoms with E-state index in [-0.39, 0.29) is 10.8 Å². The first kappa shape index (κ1) is 20.3. The van der Waals surface area contributed by atoms with Crippen LogP contribution in [0, 0.1) is 6.92 Å². The zero-order valence-electron chi connectivity index (χ0n) is 16.6. The van der Waals surface area contributed by atoms with Crippen molar-refractivity contribution in [2.75, 3.05) is 6.26 Å². The lowest BCUT2D eigenvalue weighted by atomic mass is 10.2. The summed E-state index contributed by atoms with van der Waals surface area (Å²) in [5.74, 6) is -0.158. The molecule has 0 saturated heterocycles. The number of thiophene rings is 1. The number of aromatic nitrogens is 2. The molecule has 2 aromatic carbocycles. The molecular formula is C22H21N3O3S2. The number of amides is 1.